The summed E-state index contributed by atoms with van der Waals surface area (Å²) in [5.74, 6) is -0.00313. The van der Waals surface area contributed by atoms with E-state index in [0.717, 1.165) is 17.9 Å². The molecule has 0 spiro atoms. The molecule has 0 aliphatic carbocycles. The van der Waals surface area contributed by atoms with Crippen molar-refractivity contribution >= 4 is 11.9 Å². The lowest BCUT2D eigenvalue weighted by Gasteiger charge is -2.17. The number of carboxylic acids is 1. The third kappa shape index (κ3) is 2.60. The lowest BCUT2D eigenvalue weighted by molar-refractivity contribution is -0.140. The van der Waals surface area contributed by atoms with Gasteiger partial charge in [0.25, 0.3) is 0 Å². The third-order valence-electron chi connectivity index (χ3n) is 3.27. The smallest absolute Gasteiger partial charge is 0.308 e. The fraction of sp³-hybridized carbons (Fsp3) is 0.615. The van der Waals surface area contributed by atoms with Gasteiger partial charge in [-0.3, -0.25) is 4.79 Å². The van der Waals surface area contributed by atoms with E-state index in [0.29, 0.717) is 24.8 Å². The lowest BCUT2D eigenvalue weighted by Crippen LogP contribution is -2.25. The number of carbonyl (C=O) groups is 1. The first-order valence-corrected chi connectivity index (χ1v) is 6.30. The minimum atomic E-state index is -0.728. The molecule has 1 N–H and O–H groups in total. The molecule has 1 atom stereocenters. The van der Waals surface area contributed by atoms with Gasteiger partial charge >= 0.3 is 5.97 Å². The molecular weight excluding hydrogens is 230 g/mol. The number of rotatable bonds is 3. The summed E-state index contributed by atoms with van der Waals surface area (Å²) in [6.07, 6.45) is 0.670. The molecule has 98 valence electrons. The Bertz CT molecular complexity index is 460. The molecule has 1 fully saturated rings. The largest absolute Gasteiger partial charge is 0.481 e. The predicted octanol–water partition coefficient (Wildman–Crippen LogP) is 1.82. The Morgan fingerprint density at radius 3 is 2.78 bits per heavy atom. The topological polar surface area (TPSA) is 66.3 Å². The predicted molar refractivity (Wildman–Crippen MR) is 68.8 cm³/mol. The number of aliphatic carboxylic acids is 1. The molecule has 2 heterocycles. The number of carboxylic acid groups (broad SMARTS) is 1. The Morgan fingerprint density at radius 2 is 2.22 bits per heavy atom. The fourth-order valence-corrected chi connectivity index (χ4v) is 2.16. The highest BCUT2D eigenvalue weighted by atomic mass is 16.4. The van der Waals surface area contributed by atoms with E-state index in [4.69, 9.17) is 5.11 Å². The average Bonchev–Trinajstić information content (AvgIpc) is 2.77. The van der Waals surface area contributed by atoms with Crippen molar-refractivity contribution in [1.29, 1.82) is 0 Å². The first kappa shape index (κ1) is 12.8. The van der Waals surface area contributed by atoms with Crippen LogP contribution < -0.4 is 4.90 Å². The van der Waals surface area contributed by atoms with Crippen LogP contribution in [-0.2, 0) is 4.79 Å². The first-order valence-electron chi connectivity index (χ1n) is 6.30. The van der Waals surface area contributed by atoms with E-state index < -0.39 is 5.97 Å². The lowest BCUT2D eigenvalue weighted by atomic mass is 10.1. The zero-order chi connectivity index (χ0) is 13.3. The van der Waals surface area contributed by atoms with E-state index in [9.17, 15) is 4.79 Å². The van der Waals surface area contributed by atoms with Crippen molar-refractivity contribution in [3.05, 3.63) is 17.5 Å². The van der Waals surface area contributed by atoms with Gasteiger partial charge < -0.3 is 10.0 Å². The van der Waals surface area contributed by atoms with Gasteiger partial charge in [0.15, 0.2) is 0 Å². The van der Waals surface area contributed by atoms with E-state index in [2.05, 4.69) is 23.8 Å². The molecule has 1 aliphatic heterocycles. The summed E-state index contributed by atoms with van der Waals surface area (Å²) < 4.78 is 0. The van der Waals surface area contributed by atoms with Gasteiger partial charge in [-0.1, -0.05) is 13.8 Å². The molecule has 1 aromatic rings. The molecule has 5 nitrogen and oxygen atoms in total. The molecule has 5 heteroatoms. The van der Waals surface area contributed by atoms with E-state index >= 15 is 0 Å². The van der Waals surface area contributed by atoms with Gasteiger partial charge in [0.05, 0.1) is 5.92 Å². The quantitative estimate of drug-likeness (QED) is 0.885. The molecule has 0 aromatic carbocycles. The Kier molecular flexibility index (Phi) is 3.50. The van der Waals surface area contributed by atoms with Crippen LogP contribution in [0.2, 0.25) is 0 Å². The molecule has 0 saturated carbocycles. The number of anilines is 1. The zero-order valence-electron chi connectivity index (χ0n) is 11.1. The highest BCUT2D eigenvalue weighted by Gasteiger charge is 2.29. The van der Waals surface area contributed by atoms with Crippen molar-refractivity contribution in [3.63, 3.8) is 0 Å². The van der Waals surface area contributed by atoms with Gasteiger partial charge in [0, 0.05) is 24.5 Å². The molecule has 1 unspecified atom stereocenters. The summed E-state index contributed by atoms with van der Waals surface area (Å²) in [4.78, 5) is 21.9. The molecule has 1 aliphatic rings. The van der Waals surface area contributed by atoms with Gasteiger partial charge in [-0.25, -0.2) is 9.97 Å². The van der Waals surface area contributed by atoms with Crippen LogP contribution in [-0.4, -0.2) is 34.1 Å². The average molecular weight is 249 g/mol. The van der Waals surface area contributed by atoms with Crippen molar-refractivity contribution in [2.24, 2.45) is 5.92 Å². The molecule has 18 heavy (non-hydrogen) atoms. The summed E-state index contributed by atoms with van der Waals surface area (Å²) in [7, 11) is 0. The van der Waals surface area contributed by atoms with Crippen molar-refractivity contribution in [3.8, 4) is 0 Å². The second kappa shape index (κ2) is 4.92. The van der Waals surface area contributed by atoms with Crippen molar-refractivity contribution in [2.75, 3.05) is 18.0 Å². The maximum absolute atomic E-state index is 11.0. The molecular formula is C13H19N3O2. The number of hydrogen-bond donors (Lipinski definition) is 1. The van der Waals surface area contributed by atoms with Gasteiger partial charge in [-0.2, -0.15) is 0 Å². The van der Waals surface area contributed by atoms with Gasteiger partial charge in [-0.05, 0) is 25.3 Å². The second-order valence-electron chi connectivity index (χ2n) is 5.16. The molecule has 1 aromatic heterocycles. The minimum absolute atomic E-state index is 0.295. The normalized spacial score (nSPS) is 19.6. The monoisotopic (exact) mass is 249 g/mol. The van der Waals surface area contributed by atoms with Gasteiger partial charge in [0.2, 0.25) is 5.95 Å². The number of hydrogen-bond acceptors (Lipinski definition) is 4. The number of aryl methyl sites for hydroxylation is 1. The van der Waals surface area contributed by atoms with Crippen LogP contribution in [0.5, 0.6) is 0 Å². The van der Waals surface area contributed by atoms with Gasteiger partial charge in [0.1, 0.15) is 0 Å². The highest BCUT2D eigenvalue weighted by molar-refractivity contribution is 5.71. The van der Waals surface area contributed by atoms with Crippen LogP contribution in [0.15, 0.2) is 6.07 Å². The summed E-state index contributed by atoms with van der Waals surface area (Å²) in [5, 5.41) is 9.01. The van der Waals surface area contributed by atoms with Crippen molar-refractivity contribution < 1.29 is 9.90 Å². The Hall–Kier alpha value is -1.65. The third-order valence-corrected chi connectivity index (χ3v) is 3.27. The zero-order valence-corrected chi connectivity index (χ0v) is 11.1. The van der Waals surface area contributed by atoms with Crippen molar-refractivity contribution in [1.82, 2.24) is 9.97 Å². The molecule has 0 radical (unpaired) electrons. The second-order valence-corrected chi connectivity index (χ2v) is 5.16. The Labute approximate surface area is 107 Å². The molecule has 0 amide bonds. The minimum Gasteiger partial charge on any atom is -0.481 e. The van der Waals surface area contributed by atoms with Crippen LogP contribution >= 0.6 is 0 Å². The van der Waals surface area contributed by atoms with Crippen LogP contribution in [0.4, 0.5) is 5.95 Å². The maximum atomic E-state index is 11.0. The molecule has 1 saturated heterocycles. The highest BCUT2D eigenvalue weighted by Crippen LogP contribution is 2.23. The molecule has 2 rings (SSSR count). The van der Waals surface area contributed by atoms with Crippen LogP contribution in [0.3, 0.4) is 0 Å². The maximum Gasteiger partial charge on any atom is 0.308 e. The summed E-state index contributed by atoms with van der Waals surface area (Å²) >= 11 is 0. The number of nitrogens with zero attached hydrogens (tertiary/aromatic N) is 3. The van der Waals surface area contributed by atoms with Crippen molar-refractivity contribution in [2.45, 2.75) is 33.1 Å². The van der Waals surface area contributed by atoms with Gasteiger partial charge in [-0.15, -0.1) is 0 Å². The summed E-state index contributed by atoms with van der Waals surface area (Å²) in [6, 6.07) is 1.99. The summed E-state index contributed by atoms with van der Waals surface area (Å²) in [6.45, 7) is 7.36. The van der Waals surface area contributed by atoms with E-state index in [1.54, 1.807) is 0 Å². The van der Waals surface area contributed by atoms with E-state index in [-0.39, 0.29) is 5.92 Å². The van der Waals surface area contributed by atoms with Crippen LogP contribution in [0.1, 0.15) is 37.6 Å². The van der Waals surface area contributed by atoms with E-state index in [1.807, 2.05) is 17.9 Å². The Balaban J connectivity index is 2.21. The summed E-state index contributed by atoms with van der Waals surface area (Å²) in [5.41, 5.74) is 1.94. The standard InChI is InChI=1S/C13H19N3O2/c1-8(2)11-6-9(3)14-13(15-11)16-5-4-10(7-16)12(17)18/h6,8,10H,4-5,7H2,1-3H3,(H,17,18). The number of aromatic nitrogens is 2. The molecule has 0 bridgehead atoms. The van der Waals surface area contributed by atoms with E-state index in [1.165, 1.54) is 0 Å². The van der Waals surface area contributed by atoms with Crippen LogP contribution in [0.25, 0.3) is 0 Å². The van der Waals surface area contributed by atoms with Crippen LogP contribution in [0, 0.1) is 12.8 Å². The fourth-order valence-electron chi connectivity index (χ4n) is 2.16. The first-order chi connectivity index (χ1) is 8.47. The Morgan fingerprint density at radius 1 is 1.50 bits per heavy atom. The SMILES string of the molecule is Cc1cc(C(C)C)nc(N2CCC(C(=O)O)C2)n1.